The van der Waals surface area contributed by atoms with E-state index in [9.17, 15) is 18.0 Å². The van der Waals surface area contributed by atoms with Gasteiger partial charge in [-0.2, -0.15) is 13.2 Å². The van der Waals surface area contributed by atoms with Crippen LogP contribution in [0.25, 0.3) is 0 Å². The van der Waals surface area contributed by atoms with E-state index in [1.165, 1.54) is 6.07 Å². The number of rotatable bonds is 10. The highest BCUT2D eigenvalue weighted by Crippen LogP contribution is 2.34. The van der Waals surface area contributed by atoms with E-state index >= 15 is 0 Å². The molecule has 1 heterocycles. The minimum Gasteiger partial charge on any atom is -0.464 e. The monoisotopic (exact) mass is 360 g/mol. The summed E-state index contributed by atoms with van der Waals surface area (Å²) in [4.78, 5) is 11.7. The number of alkyl halides is 3. The fourth-order valence-corrected chi connectivity index (χ4v) is 2.52. The first kappa shape index (κ1) is 19.7. The van der Waals surface area contributed by atoms with Gasteiger partial charge in [-0.25, -0.2) is 4.79 Å². The van der Waals surface area contributed by atoms with E-state index in [2.05, 4.69) is 0 Å². The zero-order valence-corrected chi connectivity index (χ0v) is 14.2. The molecule has 1 aromatic carbocycles. The van der Waals surface area contributed by atoms with Crippen LogP contribution in [0.15, 0.2) is 24.3 Å². The Morgan fingerprint density at radius 3 is 2.68 bits per heavy atom. The molecule has 4 nitrogen and oxygen atoms in total. The molecule has 7 heteroatoms. The van der Waals surface area contributed by atoms with Crippen LogP contribution in [0.1, 0.15) is 37.3 Å². The fourth-order valence-electron chi connectivity index (χ4n) is 2.52. The number of ether oxygens (including phenoxy) is 3. The summed E-state index contributed by atoms with van der Waals surface area (Å²) < 4.78 is 53.6. The van der Waals surface area contributed by atoms with E-state index in [0.717, 1.165) is 25.0 Å². The highest BCUT2D eigenvalue weighted by Gasteiger charge is 2.52. The van der Waals surface area contributed by atoms with Crippen LogP contribution in [-0.4, -0.2) is 38.0 Å². The largest absolute Gasteiger partial charge is 0.464 e. The molecular formula is C18H23F3O4. The second-order valence-corrected chi connectivity index (χ2v) is 6.02. The van der Waals surface area contributed by atoms with E-state index in [0.29, 0.717) is 44.8 Å². The van der Waals surface area contributed by atoms with Gasteiger partial charge in [0.15, 0.2) is 5.60 Å². The molecule has 1 atom stereocenters. The molecule has 0 saturated carbocycles. The van der Waals surface area contributed by atoms with Crippen molar-refractivity contribution in [2.45, 2.75) is 44.4 Å². The molecule has 2 rings (SSSR count). The molecule has 1 fully saturated rings. The fraction of sp³-hybridized carbons (Fsp3) is 0.611. The van der Waals surface area contributed by atoms with E-state index in [4.69, 9.17) is 14.2 Å². The van der Waals surface area contributed by atoms with Crippen molar-refractivity contribution in [1.82, 2.24) is 0 Å². The lowest BCUT2D eigenvalue weighted by atomic mass is 10.0. The third-order valence-electron chi connectivity index (χ3n) is 4.05. The van der Waals surface area contributed by atoms with Crippen LogP contribution >= 0.6 is 0 Å². The number of halogens is 3. The quantitative estimate of drug-likeness (QED) is 0.362. The third kappa shape index (κ3) is 6.01. The van der Waals surface area contributed by atoms with Crippen LogP contribution in [0.5, 0.6) is 0 Å². The van der Waals surface area contributed by atoms with Crippen molar-refractivity contribution in [3.63, 3.8) is 0 Å². The molecule has 0 spiro atoms. The summed E-state index contributed by atoms with van der Waals surface area (Å²) in [5.41, 5.74) is -0.796. The molecule has 1 aliphatic rings. The average molecular weight is 360 g/mol. The van der Waals surface area contributed by atoms with Gasteiger partial charge in [-0.1, -0.05) is 18.2 Å². The predicted octanol–water partition coefficient (Wildman–Crippen LogP) is 3.77. The maximum atomic E-state index is 12.6. The van der Waals surface area contributed by atoms with Gasteiger partial charge in [-0.05, 0) is 44.2 Å². The standard InChI is InChI=1S/C18H23F3O4/c1-2-24-16(22)17(13-25-17)9-3-4-10-23-11-8-14-6-5-7-15(12-14)18(19,20)21/h5-7,12H,2-4,8-11,13H2,1H3. The Morgan fingerprint density at radius 2 is 2.04 bits per heavy atom. The third-order valence-corrected chi connectivity index (χ3v) is 4.05. The van der Waals surface area contributed by atoms with E-state index in [1.807, 2.05) is 0 Å². The van der Waals surface area contributed by atoms with Gasteiger partial charge < -0.3 is 14.2 Å². The Morgan fingerprint density at radius 1 is 1.28 bits per heavy atom. The summed E-state index contributed by atoms with van der Waals surface area (Å²) in [6, 6.07) is 5.27. The van der Waals surface area contributed by atoms with Crippen molar-refractivity contribution in [3.05, 3.63) is 35.4 Å². The van der Waals surface area contributed by atoms with Crippen molar-refractivity contribution in [3.8, 4) is 0 Å². The molecule has 0 N–H and O–H groups in total. The average Bonchev–Trinajstić information content (AvgIpc) is 3.35. The van der Waals surface area contributed by atoms with Gasteiger partial charge in [0.1, 0.15) is 0 Å². The van der Waals surface area contributed by atoms with Crippen LogP contribution in [0.2, 0.25) is 0 Å². The number of esters is 1. The van der Waals surface area contributed by atoms with Gasteiger partial charge >= 0.3 is 12.1 Å². The van der Waals surface area contributed by atoms with Gasteiger partial charge in [-0.3, -0.25) is 0 Å². The van der Waals surface area contributed by atoms with E-state index < -0.39 is 17.3 Å². The van der Waals surface area contributed by atoms with Crippen molar-refractivity contribution >= 4 is 5.97 Å². The minimum absolute atomic E-state index is 0.305. The molecule has 25 heavy (non-hydrogen) atoms. The Kier molecular flexibility index (Phi) is 6.84. The zero-order valence-electron chi connectivity index (χ0n) is 14.2. The van der Waals surface area contributed by atoms with Crippen LogP contribution in [-0.2, 0) is 31.6 Å². The molecule has 1 unspecified atom stereocenters. The SMILES string of the molecule is CCOC(=O)C1(CCCCOCCc2cccc(C(F)(F)F)c2)CO1. The zero-order chi connectivity index (χ0) is 18.3. The van der Waals surface area contributed by atoms with E-state index in [-0.39, 0.29) is 5.97 Å². The summed E-state index contributed by atoms with van der Waals surface area (Å²) >= 11 is 0. The highest BCUT2D eigenvalue weighted by molar-refractivity contribution is 5.82. The molecule has 0 amide bonds. The Balaban J connectivity index is 1.59. The van der Waals surface area contributed by atoms with Crippen molar-refractivity contribution in [2.75, 3.05) is 26.4 Å². The molecule has 0 aliphatic carbocycles. The van der Waals surface area contributed by atoms with Crippen LogP contribution in [0, 0.1) is 0 Å². The van der Waals surface area contributed by atoms with Gasteiger partial charge in [0.2, 0.25) is 0 Å². The minimum atomic E-state index is -4.32. The first-order valence-electron chi connectivity index (χ1n) is 8.42. The van der Waals surface area contributed by atoms with Gasteiger partial charge in [-0.15, -0.1) is 0 Å². The lowest BCUT2D eigenvalue weighted by Gasteiger charge is -2.11. The van der Waals surface area contributed by atoms with Crippen molar-refractivity contribution < 1.29 is 32.2 Å². The molecule has 1 aromatic rings. The highest BCUT2D eigenvalue weighted by atomic mass is 19.4. The number of carbonyl (C=O) groups is 1. The second kappa shape index (κ2) is 8.67. The van der Waals surface area contributed by atoms with Crippen molar-refractivity contribution in [1.29, 1.82) is 0 Å². The summed E-state index contributed by atoms with van der Waals surface area (Å²) in [7, 11) is 0. The molecule has 0 bridgehead atoms. The number of unbranched alkanes of at least 4 members (excludes halogenated alkanes) is 1. The number of benzene rings is 1. The molecule has 0 aromatic heterocycles. The molecule has 1 aliphatic heterocycles. The van der Waals surface area contributed by atoms with Crippen LogP contribution in [0.3, 0.4) is 0 Å². The van der Waals surface area contributed by atoms with Crippen LogP contribution < -0.4 is 0 Å². The number of epoxide rings is 1. The maximum absolute atomic E-state index is 12.6. The number of carbonyl (C=O) groups excluding carboxylic acids is 1. The molecular weight excluding hydrogens is 337 g/mol. The predicted molar refractivity (Wildman–Crippen MR) is 85.1 cm³/mol. The Hall–Kier alpha value is -1.60. The van der Waals surface area contributed by atoms with Gasteiger partial charge in [0.25, 0.3) is 0 Å². The molecule has 140 valence electrons. The van der Waals surface area contributed by atoms with Crippen LogP contribution in [0.4, 0.5) is 13.2 Å². The van der Waals surface area contributed by atoms with Gasteiger partial charge in [0, 0.05) is 6.61 Å². The maximum Gasteiger partial charge on any atom is 0.416 e. The molecule has 1 saturated heterocycles. The number of hydrogen-bond donors (Lipinski definition) is 0. The van der Waals surface area contributed by atoms with E-state index in [1.54, 1.807) is 13.0 Å². The summed E-state index contributed by atoms with van der Waals surface area (Å²) in [6.07, 6.45) is -1.77. The van der Waals surface area contributed by atoms with Gasteiger partial charge in [0.05, 0.1) is 25.4 Å². The summed E-state index contributed by atoms with van der Waals surface area (Å²) in [5, 5.41) is 0. The normalized spacial score (nSPS) is 19.7. The first-order chi connectivity index (χ1) is 11.9. The topological polar surface area (TPSA) is 48.1 Å². The lowest BCUT2D eigenvalue weighted by molar-refractivity contribution is -0.149. The second-order valence-electron chi connectivity index (χ2n) is 6.02. The Labute approximate surface area is 145 Å². The molecule has 0 radical (unpaired) electrons. The number of hydrogen-bond acceptors (Lipinski definition) is 4. The lowest BCUT2D eigenvalue weighted by Crippen LogP contribution is -2.27. The smallest absolute Gasteiger partial charge is 0.416 e. The summed E-state index contributed by atoms with van der Waals surface area (Å²) in [6.45, 7) is 3.36. The van der Waals surface area contributed by atoms with Crippen molar-refractivity contribution in [2.24, 2.45) is 0 Å². The Bertz CT molecular complexity index is 568. The summed E-state index contributed by atoms with van der Waals surface area (Å²) in [5.74, 6) is -0.305. The first-order valence-corrected chi connectivity index (χ1v) is 8.42.